The Morgan fingerprint density at radius 2 is 1.96 bits per heavy atom. The van der Waals surface area contributed by atoms with E-state index in [1.807, 2.05) is 12.3 Å². The van der Waals surface area contributed by atoms with E-state index in [1.54, 1.807) is 4.52 Å². The van der Waals surface area contributed by atoms with Crippen LogP contribution in [0.4, 0.5) is 10.2 Å². The fourth-order valence-electron chi connectivity index (χ4n) is 2.77. The number of anilines is 1. The standard InChI is InChI=1S/C12H15N5O2.C6H6FNO/c1-19-15-12(18)9-8-13-17-7-4-10(14-11(9)17)16-5-2-3-6-16;1-9-6-3-2-5(7)4-8-6/h4,7-8H,2-3,5-6H2,1H3,(H,15,18);2-4H,1H3. The van der Waals surface area contributed by atoms with Crippen molar-refractivity contribution in [3.8, 4) is 5.88 Å². The number of hydrogen-bond donors (Lipinski definition) is 1. The summed E-state index contributed by atoms with van der Waals surface area (Å²) in [7, 11) is 2.88. The molecule has 3 aromatic rings. The molecule has 0 aliphatic carbocycles. The number of pyridine rings is 1. The second-order valence-electron chi connectivity index (χ2n) is 5.96. The van der Waals surface area contributed by atoms with Gasteiger partial charge in [-0.1, -0.05) is 0 Å². The SMILES string of the molecule is CONC(=O)c1cnn2ccc(N3CCCC3)nc12.COc1ccc(F)cn1. The summed E-state index contributed by atoms with van der Waals surface area (Å²) in [5.41, 5.74) is 3.23. The van der Waals surface area contributed by atoms with Crippen LogP contribution >= 0.6 is 0 Å². The first kappa shape index (κ1) is 19.5. The Kier molecular flexibility index (Phi) is 6.33. The highest BCUT2D eigenvalue weighted by atomic mass is 19.1. The van der Waals surface area contributed by atoms with Crippen LogP contribution in [0.15, 0.2) is 36.8 Å². The fourth-order valence-corrected chi connectivity index (χ4v) is 2.77. The number of nitrogens with one attached hydrogen (secondary N) is 1. The second-order valence-corrected chi connectivity index (χ2v) is 5.96. The van der Waals surface area contributed by atoms with E-state index in [1.165, 1.54) is 45.4 Å². The number of fused-ring (bicyclic) bond motifs is 1. The van der Waals surface area contributed by atoms with Crippen molar-refractivity contribution in [2.24, 2.45) is 0 Å². The van der Waals surface area contributed by atoms with Crippen molar-refractivity contribution >= 4 is 17.4 Å². The number of aromatic nitrogens is 4. The quantitative estimate of drug-likeness (QED) is 0.682. The van der Waals surface area contributed by atoms with E-state index in [-0.39, 0.29) is 11.7 Å². The van der Waals surface area contributed by atoms with Crippen LogP contribution in [0, 0.1) is 5.82 Å². The minimum Gasteiger partial charge on any atom is -0.481 e. The van der Waals surface area contributed by atoms with Gasteiger partial charge in [-0.3, -0.25) is 9.63 Å². The molecule has 0 spiro atoms. The van der Waals surface area contributed by atoms with Gasteiger partial charge in [0.1, 0.15) is 17.2 Å². The molecule has 3 aromatic heterocycles. The number of carbonyl (C=O) groups is 1. The molecule has 10 heteroatoms. The Balaban J connectivity index is 0.000000211. The summed E-state index contributed by atoms with van der Waals surface area (Å²) in [5, 5.41) is 4.11. The molecule has 148 valence electrons. The van der Waals surface area contributed by atoms with Crippen LogP contribution in [0.3, 0.4) is 0 Å². The van der Waals surface area contributed by atoms with Crippen molar-refractivity contribution in [2.45, 2.75) is 12.8 Å². The summed E-state index contributed by atoms with van der Waals surface area (Å²) >= 11 is 0. The molecule has 0 radical (unpaired) electrons. The maximum absolute atomic E-state index is 12.1. The number of amides is 1. The summed E-state index contributed by atoms with van der Waals surface area (Å²) in [5.74, 6) is 0.618. The Hall–Kier alpha value is -3.27. The van der Waals surface area contributed by atoms with Crippen molar-refractivity contribution in [1.82, 2.24) is 25.1 Å². The second kappa shape index (κ2) is 9.09. The first-order valence-corrected chi connectivity index (χ1v) is 8.70. The van der Waals surface area contributed by atoms with Crippen LogP contribution in [-0.2, 0) is 4.84 Å². The van der Waals surface area contributed by atoms with Gasteiger partial charge in [0.05, 0.1) is 26.6 Å². The van der Waals surface area contributed by atoms with Gasteiger partial charge in [-0.15, -0.1) is 0 Å². The molecule has 1 fully saturated rings. The molecule has 1 aliphatic heterocycles. The minimum absolute atomic E-state index is 0.344. The van der Waals surface area contributed by atoms with E-state index in [2.05, 4.69) is 30.3 Å². The number of carbonyl (C=O) groups excluding carboxylic acids is 1. The van der Waals surface area contributed by atoms with Crippen LogP contribution in [0.2, 0.25) is 0 Å². The normalized spacial score (nSPS) is 13.2. The number of rotatable bonds is 4. The summed E-state index contributed by atoms with van der Waals surface area (Å²) in [6.45, 7) is 2.02. The Labute approximate surface area is 161 Å². The molecule has 0 saturated carbocycles. The van der Waals surface area contributed by atoms with Crippen LogP contribution in [0.5, 0.6) is 5.88 Å². The molecule has 1 aliphatic rings. The number of nitrogens with zero attached hydrogens (tertiary/aromatic N) is 5. The van der Waals surface area contributed by atoms with Crippen molar-refractivity contribution in [3.63, 3.8) is 0 Å². The zero-order valence-corrected chi connectivity index (χ0v) is 15.6. The van der Waals surface area contributed by atoms with Gasteiger partial charge in [-0.25, -0.2) is 24.4 Å². The first-order valence-electron chi connectivity index (χ1n) is 8.70. The van der Waals surface area contributed by atoms with Crippen molar-refractivity contribution < 1.29 is 18.8 Å². The van der Waals surface area contributed by atoms with E-state index in [9.17, 15) is 9.18 Å². The largest absolute Gasteiger partial charge is 0.481 e. The molecule has 1 saturated heterocycles. The first-order chi connectivity index (χ1) is 13.6. The summed E-state index contributed by atoms with van der Waals surface area (Å²) in [6.07, 6.45) is 6.79. The van der Waals surface area contributed by atoms with Gasteiger partial charge in [-0.05, 0) is 25.0 Å². The van der Waals surface area contributed by atoms with Gasteiger partial charge < -0.3 is 9.64 Å². The molecule has 0 bridgehead atoms. The lowest BCUT2D eigenvalue weighted by Gasteiger charge is -2.16. The minimum atomic E-state index is -0.351. The molecule has 1 amide bonds. The number of methoxy groups -OCH3 is 1. The monoisotopic (exact) mass is 388 g/mol. The summed E-state index contributed by atoms with van der Waals surface area (Å²) in [6, 6.07) is 4.69. The van der Waals surface area contributed by atoms with Crippen molar-refractivity contribution in [2.75, 3.05) is 32.2 Å². The molecule has 4 heterocycles. The van der Waals surface area contributed by atoms with Crippen LogP contribution in [-0.4, -0.2) is 52.8 Å². The highest BCUT2D eigenvalue weighted by Gasteiger charge is 2.18. The van der Waals surface area contributed by atoms with E-state index in [0.717, 1.165) is 25.1 Å². The molecule has 0 atom stereocenters. The van der Waals surface area contributed by atoms with Gasteiger partial charge >= 0.3 is 0 Å². The molecular formula is C18H21FN6O3. The summed E-state index contributed by atoms with van der Waals surface area (Å²) in [4.78, 5) is 26.8. The van der Waals surface area contributed by atoms with Crippen LogP contribution < -0.4 is 15.1 Å². The third kappa shape index (κ3) is 4.52. The molecule has 4 rings (SSSR count). The average Bonchev–Trinajstić information content (AvgIpc) is 3.39. The lowest BCUT2D eigenvalue weighted by Crippen LogP contribution is -2.22. The van der Waals surface area contributed by atoms with Gasteiger partial charge in [0.2, 0.25) is 5.88 Å². The summed E-state index contributed by atoms with van der Waals surface area (Å²) < 4.78 is 18.4. The molecular weight excluding hydrogens is 367 g/mol. The Bertz CT molecular complexity index is 925. The van der Waals surface area contributed by atoms with Crippen LogP contribution in [0.25, 0.3) is 5.65 Å². The highest BCUT2D eigenvalue weighted by Crippen LogP contribution is 2.19. The Morgan fingerprint density at radius 3 is 2.61 bits per heavy atom. The van der Waals surface area contributed by atoms with Crippen molar-refractivity contribution in [1.29, 1.82) is 0 Å². The third-order valence-electron chi connectivity index (χ3n) is 4.13. The van der Waals surface area contributed by atoms with Gasteiger partial charge in [-0.2, -0.15) is 5.10 Å². The molecule has 0 unspecified atom stereocenters. The van der Waals surface area contributed by atoms with E-state index in [4.69, 9.17) is 4.74 Å². The van der Waals surface area contributed by atoms with Gasteiger partial charge in [0.15, 0.2) is 5.65 Å². The lowest BCUT2D eigenvalue weighted by atomic mass is 10.3. The number of hydroxylamine groups is 1. The Morgan fingerprint density at radius 1 is 1.18 bits per heavy atom. The predicted molar refractivity (Wildman–Crippen MR) is 99.7 cm³/mol. The molecule has 28 heavy (non-hydrogen) atoms. The zero-order valence-electron chi connectivity index (χ0n) is 15.6. The van der Waals surface area contributed by atoms with Gasteiger partial charge in [0, 0.05) is 25.4 Å². The number of hydrogen-bond acceptors (Lipinski definition) is 7. The lowest BCUT2D eigenvalue weighted by molar-refractivity contribution is 0.0539. The number of halogens is 1. The highest BCUT2D eigenvalue weighted by molar-refractivity contribution is 5.99. The smallest absolute Gasteiger partial charge is 0.280 e. The average molecular weight is 388 g/mol. The maximum atomic E-state index is 12.1. The third-order valence-corrected chi connectivity index (χ3v) is 4.13. The topological polar surface area (TPSA) is 93.9 Å². The maximum Gasteiger partial charge on any atom is 0.280 e. The van der Waals surface area contributed by atoms with Crippen LogP contribution in [0.1, 0.15) is 23.2 Å². The van der Waals surface area contributed by atoms with E-state index < -0.39 is 0 Å². The van der Waals surface area contributed by atoms with E-state index >= 15 is 0 Å². The van der Waals surface area contributed by atoms with Gasteiger partial charge in [0.25, 0.3) is 5.91 Å². The molecule has 1 N–H and O–H groups in total. The molecule has 9 nitrogen and oxygen atoms in total. The fraction of sp³-hybridized carbons (Fsp3) is 0.333. The number of ether oxygens (including phenoxy) is 1. The van der Waals surface area contributed by atoms with E-state index in [0.29, 0.717) is 17.1 Å². The molecule has 0 aromatic carbocycles. The zero-order chi connectivity index (χ0) is 19.9. The van der Waals surface area contributed by atoms with Crippen molar-refractivity contribution in [3.05, 3.63) is 48.2 Å². The predicted octanol–water partition coefficient (Wildman–Crippen LogP) is 1.85.